The summed E-state index contributed by atoms with van der Waals surface area (Å²) < 4.78 is 43.3. The normalized spacial score (nSPS) is 20.2. The van der Waals surface area contributed by atoms with E-state index >= 15 is 0 Å². The van der Waals surface area contributed by atoms with Crippen LogP contribution in [0.5, 0.6) is 0 Å². The van der Waals surface area contributed by atoms with Crippen molar-refractivity contribution >= 4 is 21.6 Å². The lowest BCUT2D eigenvalue weighted by molar-refractivity contribution is 0.0728. The van der Waals surface area contributed by atoms with Gasteiger partial charge in [0, 0.05) is 18.8 Å². The van der Waals surface area contributed by atoms with Gasteiger partial charge in [-0.25, -0.2) is 12.8 Å². The van der Waals surface area contributed by atoms with Gasteiger partial charge >= 0.3 is 0 Å². The fraction of sp³-hybridized carbons (Fsp3) is 0.280. The molecule has 0 spiro atoms. The standard InChI is InChI=1S/C25H24FN3O3S/c1-17-15-18-7-2-3-9-23(18)29(17)33(31,32)19-11-12-21(26)20(16-19)25(30)28-14-6-10-24(28)22-8-4-5-13-27-22/h2-5,7-9,11-13,16-17,24H,6,10,14-15H2,1H3. The lowest BCUT2D eigenvalue weighted by atomic mass is 10.1. The number of nitrogens with zero attached hydrogens (tertiary/aromatic N) is 3. The number of carbonyl (C=O) groups is 1. The van der Waals surface area contributed by atoms with E-state index in [9.17, 15) is 17.6 Å². The molecule has 2 aliphatic heterocycles. The second-order valence-electron chi connectivity index (χ2n) is 8.54. The van der Waals surface area contributed by atoms with Crippen LogP contribution in [-0.4, -0.2) is 36.8 Å². The van der Waals surface area contributed by atoms with Gasteiger partial charge in [-0.1, -0.05) is 24.3 Å². The Balaban J connectivity index is 1.50. The molecular weight excluding hydrogens is 441 g/mol. The number of fused-ring (bicyclic) bond motifs is 1. The minimum atomic E-state index is -3.98. The zero-order chi connectivity index (χ0) is 23.2. The summed E-state index contributed by atoms with van der Waals surface area (Å²) in [5, 5.41) is 0. The lowest BCUT2D eigenvalue weighted by Gasteiger charge is -2.26. The summed E-state index contributed by atoms with van der Waals surface area (Å²) in [7, 11) is -3.98. The Kier molecular flexibility index (Phi) is 5.40. The van der Waals surface area contributed by atoms with E-state index in [1.807, 2.05) is 31.2 Å². The fourth-order valence-electron chi connectivity index (χ4n) is 4.89. The average molecular weight is 466 g/mol. The van der Waals surface area contributed by atoms with Crippen molar-refractivity contribution in [2.24, 2.45) is 0 Å². The van der Waals surface area contributed by atoms with Gasteiger partial charge in [0.25, 0.3) is 15.9 Å². The van der Waals surface area contributed by atoms with Gasteiger partial charge in [0.1, 0.15) is 5.82 Å². The van der Waals surface area contributed by atoms with Crippen LogP contribution in [0, 0.1) is 5.82 Å². The molecule has 1 aromatic heterocycles. The van der Waals surface area contributed by atoms with Crippen molar-refractivity contribution in [2.45, 2.75) is 43.2 Å². The molecule has 1 amide bonds. The van der Waals surface area contributed by atoms with E-state index in [1.165, 1.54) is 16.4 Å². The molecule has 1 saturated heterocycles. The molecule has 0 bridgehead atoms. The van der Waals surface area contributed by atoms with Gasteiger partial charge in [-0.3, -0.25) is 14.1 Å². The van der Waals surface area contributed by atoms with Crippen LogP contribution in [0.4, 0.5) is 10.1 Å². The Bertz CT molecular complexity index is 1310. The number of amides is 1. The van der Waals surface area contributed by atoms with Crippen LogP contribution in [0.15, 0.2) is 71.8 Å². The Morgan fingerprint density at radius 2 is 1.88 bits per heavy atom. The molecule has 3 heterocycles. The number of anilines is 1. The first-order valence-electron chi connectivity index (χ1n) is 11.0. The molecule has 2 aliphatic rings. The van der Waals surface area contributed by atoms with Crippen molar-refractivity contribution < 1.29 is 17.6 Å². The molecule has 2 unspecified atom stereocenters. The van der Waals surface area contributed by atoms with Gasteiger partial charge in [0.15, 0.2) is 0 Å². The minimum Gasteiger partial charge on any atom is -0.330 e. The monoisotopic (exact) mass is 465 g/mol. The quantitative estimate of drug-likeness (QED) is 0.575. The van der Waals surface area contributed by atoms with E-state index in [0.717, 1.165) is 30.2 Å². The number of aromatic nitrogens is 1. The van der Waals surface area contributed by atoms with Crippen molar-refractivity contribution in [3.8, 4) is 0 Å². The van der Waals surface area contributed by atoms with Crippen LogP contribution >= 0.6 is 0 Å². The van der Waals surface area contributed by atoms with E-state index in [-0.39, 0.29) is 22.5 Å². The average Bonchev–Trinajstić information content (AvgIpc) is 3.43. The molecular formula is C25H24FN3O3S. The Labute approximate surface area is 192 Å². The summed E-state index contributed by atoms with van der Waals surface area (Å²) in [6.07, 6.45) is 3.76. The second kappa shape index (κ2) is 8.26. The molecule has 1 fully saturated rings. The minimum absolute atomic E-state index is 0.0932. The molecule has 2 aromatic carbocycles. The van der Waals surface area contributed by atoms with Gasteiger partial charge in [0.05, 0.1) is 27.9 Å². The van der Waals surface area contributed by atoms with Gasteiger partial charge < -0.3 is 4.90 Å². The molecule has 33 heavy (non-hydrogen) atoms. The molecule has 170 valence electrons. The maximum atomic E-state index is 14.8. The number of para-hydroxylation sites is 1. The highest BCUT2D eigenvalue weighted by Crippen LogP contribution is 2.37. The number of sulfonamides is 1. The Hall–Kier alpha value is -3.26. The van der Waals surface area contributed by atoms with E-state index in [4.69, 9.17) is 0 Å². The van der Waals surface area contributed by atoms with Crippen LogP contribution < -0.4 is 4.31 Å². The van der Waals surface area contributed by atoms with Crippen LogP contribution in [0.2, 0.25) is 0 Å². The van der Waals surface area contributed by atoms with Crippen molar-refractivity contribution in [3.05, 3.63) is 89.5 Å². The van der Waals surface area contributed by atoms with E-state index in [0.29, 0.717) is 18.7 Å². The zero-order valence-corrected chi connectivity index (χ0v) is 19.0. The number of pyridine rings is 1. The van der Waals surface area contributed by atoms with Gasteiger partial charge in [0.2, 0.25) is 0 Å². The first-order valence-corrected chi connectivity index (χ1v) is 12.5. The first kappa shape index (κ1) is 21.6. The first-order chi connectivity index (χ1) is 15.9. The Morgan fingerprint density at radius 1 is 1.09 bits per heavy atom. The van der Waals surface area contributed by atoms with E-state index in [1.54, 1.807) is 29.3 Å². The summed E-state index contributed by atoms with van der Waals surface area (Å²) in [6, 6.07) is 15.8. The van der Waals surface area contributed by atoms with Crippen molar-refractivity contribution in [1.82, 2.24) is 9.88 Å². The molecule has 0 radical (unpaired) electrons. The maximum Gasteiger partial charge on any atom is 0.264 e. The third-order valence-electron chi connectivity index (χ3n) is 6.41. The van der Waals surface area contributed by atoms with Crippen LogP contribution in [0.1, 0.15) is 47.4 Å². The second-order valence-corrected chi connectivity index (χ2v) is 10.4. The smallest absolute Gasteiger partial charge is 0.264 e. The molecule has 5 rings (SSSR count). The molecule has 6 nitrogen and oxygen atoms in total. The number of carbonyl (C=O) groups excluding carboxylic acids is 1. The third kappa shape index (κ3) is 3.68. The zero-order valence-electron chi connectivity index (χ0n) is 18.2. The van der Waals surface area contributed by atoms with Gasteiger partial charge in [-0.15, -0.1) is 0 Å². The van der Waals surface area contributed by atoms with E-state index in [2.05, 4.69) is 4.98 Å². The lowest BCUT2D eigenvalue weighted by Crippen LogP contribution is -2.36. The number of halogens is 1. The third-order valence-corrected chi connectivity index (χ3v) is 8.34. The Morgan fingerprint density at radius 3 is 2.67 bits per heavy atom. The highest BCUT2D eigenvalue weighted by Gasteiger charge is 2.37. The molecule has 0 saturated carbocycles. The van der Waals surface area contributed by atoms with Crippen LogP contribution in [-0.2, 0) is 16.4 Å². The molecule has 0 N–H and O–H groups in total. The predicted molar refractivity (Wildman–Crippen MR) is 123 cm³/mol. The number of hydrogen-bond donors (Lipinski definition) is 0. The van der Waals surface area contributed by atoms with Crippen molar-refractivity contribution in [3.63, 3.8) is 0 Å². The van der Waals surface area contributed by atoms with Gasteiger partial charge in [-0.2, -0.15) is 0 Å². The molecule has 3 aromatic rings. The maximum absolute atomic E-state index is 14.8. The topological polar surface area (TPSA) is 70.6 Å². The summed E-state index contributed by atoms with van der Waals surface area (Å²) in [6.45, 7) is 2.31. The van der Waals surface area contributed by atoms with Crippen LogP contribution in [0.25, 0.3) is 0 Å². The van der Waals surface area contributed by atoms with Crippen molar-refractivity contribution in [1.29, 1.82) is 0 Å². The summed E-state index contributed by atoms with van der Waals surface area (Å²) >= 11 is 0. The molecule has 0 aliphatic carbocycles. The SMILES string of the molecule is CC1Cc2ccccc2N1S(=O)(=O)c1ccc(F)c(C(=O)N2CCCC2c2ccccn2)c1. The van der Waals surface area contributed by atoms with Crippen LogP contribution in [0.3, 0.4) is 0 Å². The highest BCUT2D eigenvalue weighted by molar-refractivity contribution is 7.92. The number of rotatable bonds is 4. The summed E-state index contributed by atoms with van der Waals surface area (Å²) in [5.74, 6) is -1.26. The largest absolute Gasteiger partial charge is 0.330 e. The number of likely N-dealkylation sites (tertiary alicyclic amines) is 1. The van der Waals surface area contributed by atoms with Gasteiger partial charge in [-0.05, 0) is 68.1 Å². The molecule has 2 atom stereocenters. The van der Waals surface area contributed by atoms with Crippen molar-refractivity contribution in [2.75, 3.05) is 10.8 Å². The number of benzene rings is 2. The van der Waals surface area contributed by atoms with E-state index < -0.39 is 21.7 Å². The summed E-state index contributed by atoms with van der Waals surface area (Å²) in [4.78, 5) is 19.2. The highest BCUT2D eigenvalue weighted by atomic mass is 32.2. The predicted octanol–water partition coefficient (Wildman–Crippen LogP) is 4.34. The fourth-order valence-corrected chi connectivity index (χ4v) is 6.61. The summed E-state index contributed by atoms with van der Waals surface area (Å²) in [5.41, 5.74) is 2.08. The number of hydrogen-bond acceptors (Lipinski definition) is 4. The molecule has 8 heteroatoms.